The van der Waals surface area contributed by atoms with Crippen LogP contribution < -0.4 is 4.74 Å². The normalized spacial score (nSPS) is 13.1. The Hall–Kier alpha value is -4.82. The Morgan fingerprint density at radius 3 is 2.62 bits per heavy atom. The largest absolute Gasteiger partial charge is 0.488 e. The molecule has 8 heteroatoms. The number of carbonyl (C=O) groups is 1. The molecule has 0 radical (unpaired) electrons. The quantitative estimate of drug-likeness (QED) is 0.246. The van der Waals surface area contributed by atoms with Crippen molar-refractivity contribution in [3.05, 3.63) is 124 Å². The zero-order valence-electron chi connectivity index (χ0n) is 24.0. The SMILES string of the molecule is Cc1cccc(-c2cccc(-n3cnc(C(=O)O)c3C)n2)c1OCc1ccc2c(c1C)CCN(Cc1ccccn1)C2. The lowest BCUT2D eigenvalue weighted by Gasteiger charge is -2.30. The van der Waals surface area contributed by atoms with Gasteiger partial charge in [0.1, 0.15) is 24.5 Å². The molecule has 0 bridgehead atoms. The van der Waals surface area contributed by atoms with Crippen LogP contribution in [0, 0.1) is 20.8 Å². The van der Waals surface area contributed by atoms with Gasteiger partial charge in [0.15, 0.2) is 5.69 Å². The number of carboxylic acid groups (broad SMARTS) is 1. The standard InChI is InChI=1S/C34H33N5O3/c1-22-8-6-10-29(30-11-7-12-31(37-30)39-21-36-32(24(39)3)34(40)41)33(22)42-20-26-14-13-25-18-38(17-15-28(25)23(26)2)19-27-9-4-5-16-35-27/h4-14,16,21H,15,17-20H2,1-3H3,(H,40,41). The van der Waals surface area contributed by atoms with Crippen LogP contribution in [0.4, 0.5) is 0 Å². The van der Waals surface area contributed by atoms with Crippen molar-refractivity contribution in [2.75, 3.05) is 6.54 Å². The number of benzene rings is 2. The highest BCUT2D eigenvalue weighted by Crippen LogP contribution is 2.34. The van der Waals surface area contributed by atoms with Gasteiger partial charge in [-0.2, -0.15) is 0 Å². The molecule has 0 fully saturated rings. The number of aromatic carboxylic acids is 1. The fourth-order valence-electron chi connectivity index (χ4n) is 5.71. The number of fused-ring (bicyclic) bond motifs is 1. The summed E-state index contributed by atoms with van der Waals surface area (Å²) in [6.07, 6.45) is 4.36. The fourth-order valence-corrected chi connectivity index (χ4v) is 5.71. The lowest BCUT2D eigenvalue weighted by molar-refractivity contribution is 0.0690. The molecular weight excluding hydrogens is 526 g/mol. The van der Waals surface area contributed by atoms with E-state index >= 15 is 0 Å². The van der Waals surface area contributed by atoms with E-state index in [-0.39, 0.29) is 5.69 Å². The number of aryl methyl sites for hydroxylation is 1. The Morgan fingerprint density at radius 1 is 0.976 bits per heavy atom. The van der Waals surface area contributed by atoms with Crippen molar-refractivity contribution in [1.82, 2.24) is 24.4 Å². The number of hydrogen-bond acceptors (Lipinski definition) is 6. The summed E-state index contributed by atoms with van der Waals surface area (Å²) < 4.78 is 8.22. The van der Waals surface area contributed by atoms with Crippen LogP contribution >= 0.6 is 0 Å². The van der Waals surface area contributed by atoms with Crippen LogP contribution in [0.1, 0.15) is 49.7 Å². The molecule has 0 spiro atoms. The van der Waals surface area contributed by atoms with Gasteiger partial charge in [-0.25, -0.2) is 14.8 Å². The molecule has 2 aromatic carbocycles. The number of nitrogens with zero attached hydrogens (tertiary/aromatic N) is 5. The number of para-hydroxylation sites is 1. The molecule has 3 aromatic heterocycles. The molecule has 6 rings (SSSR count). The number of imidazole rings is 1. The predicted molar refractivity (Wildman–Crippen MR) is 161 cm³/mol. The first-order valence-electron chi connectivity index (χ1n) is 14.1. The van der Waals surface area contributed by atoms with Crippen LogP contribution in [0.25, 0.3) is 17.1 Å². The monoisotopic (exact) mass is 559 g/mol. The average Bonchev–Trinajstić information content (AvgIpc) is 3.39. The van der Waals surface area contributed by atoms with Gasteiger partial charge in [0, 0.05) is 31.4 Å². The minimum atomic E-state index is -1.06. The Morgan fingerprint density at radius 2 is 1.83 bits per heavy atom. The van der Waals surface area contributed by atoms with Crippen LogP contribution in [0.15, 0.2) is 79.3 Å². The summed E-state index contributed by atoms with van der Waals surface area (Å²) in [6, 6.07) is 22.3. The van der Waals surface area contributed by atoms with Crippen LogP contribution in [0.3, 0.4) is 0 Å². The third-order valence-electron chi connectivity index (χ3n) is 8.04. The molecule has 5 aromatic rings. The van der Waals surface area contributed by atoms with E-state index in [4.69, 9.17) is 9.72 Å². The minimum Gasteiger partial charge on any atom is -0.488 e. The van der Waals surface area contributed by atoms with E-state index < -0.39 is 5.97 Å². The van der Waals surface area contributed by atoms with Gasteiger partial charge >= 0.3 is 5.97 Å². The second-order valence-electron chi connectivity index (χ2n) is 10.7. The highest BCUT2D eigenvalue weighted by Gasteiger charge is 2.21. The van der Waals surface area contributed by atoms with Crippen molar-refractivity contribution in [2.24, 2.45) is 0 Å². The molecule has 4 heterocycles. The van der Waals surface area contributed by atoms with Crippen molar-refractivity contribution in [1.29, 1.82) is 0 Å². The molecule has 1 aliphatic rings. The van der Waals surface area contributed by atoms with Crippen molar-refractivity contribution >= 4 is 5.97 Å². The molecule has 0 atom stereocenters. The lowest BCUT2D eigenvalue weighted by atomic mass is 9.92. The number of rotatable bonds is 8. The molecule has 1 aliphatic heterocycles. The smallest absolute Gasteiger partial charge is 0.356 e. The Labute approximate surface area is 245 Å². The van der Waals surface area contributed by atoms with E-state index in [1.165, 1.54) is 28.6 Å². The van der Waals surface area contributed by atoms with E-state index in [1.807, 2.05) is 61.7 Å². The van der Waals surface area contributed by atoms with Crippen molar-refractivity contribution in [3.8, 4) is 22.8 Å². The Bertz CT molecular complexity index is 1760. The van der Waals surface area contributed by atoms with Crippen molar-refractivity contribution in [2.45, 2.75) is 46.9 Å². The zero-order chi connectivity index (χ0) is 29.2. The summed E-state index contributed by atoms with van der Waals surface area (Å²) in [7, 11) is 0. The van der Waals surface area contributed by atoms with E-state index in [9.17, 15) is 9.90 Å². The van der Waals surface area contributed by atoms with Crippen LogP contribution in [-0.4, -0.2) is 42.0 Å². The summed E-state index contributed by atoms with van der Waals surface area (Å²) in [5.41, 5.74) is 9.55. The second kappa shape index (κ2) is 11.6. The van der Waals surface area contributed by atoms with Crippen molar-refractivity contribution in [3.63, 3.8) is 0 Å². The topological polar surface area (TPSA) is 93.4 Å². The summed E-state index contributed by atoms with van der Waals surface area (Å²) in [5, 5.41) is 9.41. The molecule has 0 unspecified atom stereocenters. The lowest BCUT2D eigenvalue weighted by Crippen LogP contribution is -2.31. The van der Waals surface area contributed by atoms with Gasteiger partial charge in [0.05, 0.1) is 17.1 Å². The van der Waals surface area contributed by atoms with Gasteiger partial charge in [-0.15, -0.1) is 0 Å². The molecule has 0 aliphatic carbocycles. The molecular formula is C34H33N5O3. The van der Waals surface area contributed by atoms with Crippen LogP contribution in [0.2, 0.25) is 0 Å². The van der Waals surface area contributed by atoms with Gasteiger partial charge < -0.3 is 9.84 Å². The third kappa shape index (κ3) is 5.41. The van der Waals surface area contributed by atoms with Gasteiger partial charge in [-0.3, -0.25) is 14.5 Å². The van der Waals surface area contributed by atoms with Gasteiger partial charge in [0.25, 0.3) is 0 Å². The second-order valence-corrected chi connectivity index (χ2v) is 10.7. The third-order valence-corrected chi connectivity index (χ3v) is 8.04. The number of aromatic nitrogens is 4. The number of hydrogen-bond donors (Lipinski definition) is 1. The van der Waals surface area contributed by atoms with Crippen LogP contribution in [-0.2, 0) is 26.1 Å². The van der Waals surface area contributed by atoms with Crippen molar-refractivity contribution < 1.29 is 14.6 Å². The first-order chi connectivity index (χ1) is 20.4. The molecule has 8 nitrogen and oxygen atoms in total. The number of pyridine rings is 2. The van der Waals surface area contributed by atoms with E-state index in [0.29, 0.717) is 18.1 Å². The Kier molecular flexibility index (Phi) is 7.54. The zero-order valence-corrected chi connectivity index (χ0v) is 24.0. The maximum Gasteiger partial charge on any atom is 0.356 e. The highest BCUT2D eigenvalue weighted by molar-refractivity contribution is 5.86. The molecule has 212 valence electrons. The number of carboxylic acids is 1. The highest BCUT2D eigenvalue weighted by atomic mass is 16.5. The average molecular weight is 560 g/mol. The summed E-state index contributed by atoms with van der Waals surface area (Å²) in [5.74, 6) is 0.325. The molecule has 0 saturated heterocycles. The fraction of sp³-hybridized carbons (Fsp3) is 0.235. The van der Waals surface area contributed by atoms with Gasteiger partial charge in [-0.1, -0.05) is 36.4 Å². The summed E-state index contributed by atoms with van der Waals surface area (Å²) in [6.45, 7) is 9.20. The Balaban J connectivity index is 1.22. The maximum absolute atomic E-state index is 11.5. The van der Waals surface area contributed by atoms with Gasteiger partial charge in [0.2, 0.25) is 0 Å². The maximum atomic E-state index is 11.5. The first kappa shape index (κ1) is 27.4. The summed E-state index contributed by atoms with van der Waals surface area (Å²) in [4.78, 5) is 27.3. The van der Waals surface area contributed by atoms with E-state index in [1.54, 1.807) is 11.5 Å². The first-order valence-corrected chi connectivity index (χ1v) is 14.1. The van der Waals surface area contributed by atoms with Crippen LogP contribution in [0.5, 0.6) is 5.75 Å². The molecule has 0 amide bonds. The number of ether oxygens (including phenoxy) is 1. The molecule has 1 N–H and O–H groups in total. The van der Waals surface area contributed by atoms with Gasteiger partial charge in [-0.05, 0) is 85.3 Å². The van der Waals surface area contributed by atoms with E-state index in [0.717, 1.165) is 54.3 Å². The molecule has 42 heavy (non-hydrogen) atoms. The van der Waals surface area contributed by atoms with E-state index in [2.05, 4.69) is 40.0 Å². The minimum absolute atomic E-state index is 0.0168. The predicted octanol–water partition coefficient (Wildman–Crippen LogP) is 6.09. The molecule has 0 saturated carbocycles. The summed E-state index contributed by atoms with van der Waals surface area (Å²) >= 11 is 0.